The van der Waals surface area contributed by atoms with E-state index in [4.69, 9.17) is 4.98 Å². The van der Waals surface area contributed by atoms with Crippen LogP contribution in [0.25, 0.3) is 0 Å². The minimum absolute atomic E-state index is 0.112. The van der Waals surface area contributed by atoms with E-state index in [2.05, 4.69) is 15.2 Å². The van der Waals surface area contributed by atoms with Crippen molar-refractivity contribution in [2.45, 2.75) is 50.0 Å². The van der Waals surface area contributed by atoms with Crippen LogP contribution in [0.1, 0.15) is 43.4 Å². The predicted molar refractivity (Wildman–Crippen MR) is 93.2 cm³/mol. The smallest absolute Gasteiger partial charge is 0.234 e. The lowest BCUT2D eigenvalue weighted by Crippen LogP contribution is -2.49. The highest BCUT2D eigenvalue weighted by atomic mass is 16.2. The van der Waals surface area contributed by atoms with Crippen molar-refractivity contribution < 1.29 is 4.79 Å². The molecule has 0 radical (unpaired) electrons. The third kappa shape index (κ3) is 2.99. The Kier molecular flexibility index (Phi) is 3.95. The largest absolute Gasteiger partial charge is 0.352 e. The summed E-state index contributed by atoms with van der Waals surface area (Å²) in [6.07, 6.45) is 8.80. The maximum absolute atomic E-state index is 12.2. The van der Waals surface area contributed by atoms with Gasteiger partial charge in [0.2, 0.25) is 11.9 Å². The van der Waals surface area contributed by atoms with Crippen LogP contribution >= 0.6 is 0 Å². The average Bonchev–Trinajstić information content (AvgIpc) is 3.30. The maximum Gasteiger partial charge on any atom is 0.234 e. The van der Waals surface area contributed by atoms with E-state index < -0.39 is 0 Å². The van der Waals surface area contributed by atoms with Crippen LogP contribution < -0.4 is 10.2 Å². The number of hydrogen-bond acceptors (Lipinski definition) is 5. The molecule has 1 aliphatic heterocycles. The molecule has 24 heavy (non-hydrogen) atoms. The van der Waals surface area contributed by atoms with Crippen LogP contribution in [0.2, 0.25) is 0 Å². The van der Waals surface area contributed by atoms with Gasteiger partial charge in [-0.25, -0.2) is 9.97 Å². The molecule has 6 heteroatoms. The number of rotatable bonds is 4. The molecule has 6 nitrogen and oxygen atoms in total. The van der Waals surface area contributed by atoms with Gasteiger partial charge in [-0.15, -0.1) is 0 Å². The van der Waals surface area contributed by atoms with Gasteiger partial charge in [0.25, 0.3) is 0 Å². The zero-order valence-electron chi connectivity index (χ0n) is 14.7. The van der Waals surface area contributed by atoms with Crippen LogP contribution in [0.3, 0.4) is 0 Å². The zero-order chi connectivity index (χ0) is 16.7. The zero-order valence-corrected chi connectivity index (χ0v) is 14.7. The lowest BCUT2D eigenvalue weighted by atomic mass is 9.77. The normalized spacial score (nSPS) is 26.4. The van der Waals surface area contributed by atoms with E-state index in [1.807, 2.05) is 25.2 Å². The molecule has 1 saturated carbocycles. The molecule has 2 heterocycles. The molecule has 3 aliphatic rings. The number of anilines is 1. The Morgan fingerprint density at radius 3 is 3.00 bits per heavy atom. The van der Waals surface area contributed by atoms with Crippen LogP contribution in [0.15, 0.2) is 6.20 Å². The average molecular weight is 329 g/mol. The third-order valence-electron chi connectivity index (χ3n) is 5.59. The SMILES string of the molecule is CN(C)c1ncc2c(n1)C1(CCCN(CC(=O)NC3CC3)C1)CC2. The molecule has 4 rings (SSSR count). The lowest BCUT2D eigenvalue weighted by molar-refractivity contribution is -0.122. The first kappa shape index (κ1) is 15.8. The summed E-state index contributed by atoms with van der Waals surface area (Å²) >= 11 is 0. The second-order valence-corrected chi connectivity index (χ2v) is 7.87. The molecule has 1 spiro atoms. The van der Waals surface area contributed by atoms with Gasteiger partial charge in [0.1, 0.15) is 0 Å². The fourth-order valence-corrected chi connectivity index (χ4v) is 4.21. The van der Waals surface area contributed by atoms with Crippen LogP contribution in [0.5, 0.6) is 0 Å². The fraction of sp³-hybridized carbons (Fsp3) is 0.722. The molecule has 1 unspecified atom stereocenters. The molecular formula is C18H27N5O. The van der Waals surface area contributed by atoms with Crippen molar-refractivity contribution >= 4 is 11.9 Å². The number of piperidine rings is 1. The summed E-state index contributed by atoms with van der Waals surface area (Å²) < 4.78 is 0. The molecule has 1 atom stereocenters. The van der Waals surface area contributed by atoms with Gasteiger partial charge < -0.3 is 10.2 Å². The minimum atomic E-state index is 0.112. The van der Waals surface area contributed by atoms with Gasteiger partial charge in [0.05, 0.1) is 12.2 Å². The lowest BCUT2D eigenvalue weighted by Gasteiger charge is -2.40. The number of carbonyl (C=O) groups excluding carboxylic acids is 1. The highest BCUT2D eigenvalue weighted by Crippen LogP contribution is 2.44. The summed E-state index contributed by atoms with van der Waals surface area (Å²) in [7, 11) is 3.97. The van der Waals surface area contributed by atoms with Gasteiger partial charge in [0, 0.05) is 38.3 Å². The van der Waals surface area contributed by atoms with Gasteiger partial charge in [0.15, 0.2) is 0 Å². The molecule has 0 aromatic carbocycles. The topological polar surface area (TPSA) is 61.4 Å². The van der Waals surface area contributed by atoms with Crippen molar-refractivity contribution in [2.24, 2.45) is 0 Å². The van der Waals surface area contributed by atoms with Gasteiger partial charge in [-0.3, -0.25) is 9.69 Å². The van der Waals surface area contributed by atoms with Gasteiger partial charge in [-0.05, 0) is 50.6 Å². The summed E-state index contributed by atoms with van der Waals surface area (Å²) in [5, 5.41) is 3.11. The van der Waals surface area contributed by atoms with Crippen molar-refractivity contribution in [3.8, 4) is 0 Å². The summed E-state index contributed by atoms with van der Waals surface area (Å²) in [6.45, 7) is 2.49. The standard InChI is InChI=1S/C18H27N5O/c1-22(2)17-19-10-13-6-8-18(16(13)21-17)7-3-9-23(12-18)11-15(24)20-14-4-5-14/h10,14H,3-9,11-12H2,1-2H3,(H,20,24). The first-order chi connectivity index (χ1) is 11.6. The maximum atomic E-state index is 12.2. The summed E-state index contributed by atoms with van der Waals surface area (Å²) in [6, 6.07) is 0.443. The first-order valence-corrected chi connectivity index (χ1v) is 9.11. The summed E-state index contributed by atoms with van der Waals surface area (Å²) in [5.74, 6) is 0.975. The third-order valence-corrected chi connectivity index (χ3v) is 5.59. The molecule has 1 aromatic rings. The highest BCUT2D eigenvalue weighted by Gasteiger charge is 2.44. The van der Waals surface area contributed by atoms with Crippen LogP contribution in [-0.4, -0.2) is 60.5 Å². The van der Waals surface area contributed by atoms with E-state index in [1.54, 1.807) is 0 Å². The number of amides is 1. The minimum Gasteiger partial charge on any atom is -0.352 e. The van der Waals surface area contributed by atoms with Crippen LogP contribution in [-0.2, 0) is 16.6 Å². The van der Waals surface area contributed by atoms with E-state index in [9.17, 15) is 4.79 Å². The van der Waals surface area contributed by atoms with Crippen molar-refractivity contribution in [2.75, 3.05) is 38.6 Å². The molecular weight excluding hydrogens is 302 g/mol. The number of likely N-dealkylation sites (tertiary alicyclic amines) is 1. The monoisotopic (exact) mass is 329 g/mol. The van der Waals surface area contributed by atoms with Crippen LogP contribution in [0.4, 0.5) is 5.95 Å². The predicted octanol–water partition coefficient (Wildman–Crippen LogP) is 1.10. The molecule has 0 bridgehead atoms. The number of carbonyl (C=O) groups is 1. The highest BCUT2D eigenvalue weighted by molar-refractivity contribution is 5.78. The summed E-state index contributed by atoms with van der Waals surface area (Å²) in [4.78, 5) is 25.8. The Morgan fingerprint density at radius 2 is 2.25 bits per heavy atom. The molecule has 1 saturated heterocycles. The number of nitrogens with zero attached hydrogens (tertiary/aromatic N) is 4. The number of nitrogens with one attached hydrogen (secondary N) is 1. The summed E-state index contributed by atoms with van der Waals surface area (Å²) in [5.41, 5.74) is 2.64. The number of hydrogen-bond donors (Lipinski definition) is 1. The molecule has 1 N–H and O–H groups in total. The first-order valence-electron chi connectivity index (χ1n) is 9.11. The van der Waals surface area contributed by atoms with Crippen molar-refractivity contribution in [3.05, 3.63) is 17.5 Å². The molecule has 2 aliphatic carbocycles. The van der Waals surface area contributed by atoms with E-state index >= 15 is 0 Å². The van der Waals surface area contributed by atoms with Crippen molar-refractivity contribution in [3.63, 3.8) is 0 Å². The Bertz CT molecular complexity index is 638. The quantitative estimate of drug-likeness (QED) is 0.896. The Labute approximate surface area is 143 Å². The van der Waals surface area contributed by atoms with E-state index in [0.29, 0.717) is 12.6 Å². The van der Waals surface area contributed by atoms with E-state index in [0.717, 1.165) is 51.1 Å². The molecule has 1 amide bonds. The van der Waals surface area contributed by atoms with E-state index in [1.165, 1.54) is 17.7 Å². The van der Waals surface area contributed by atoms with Gasteiger partial charge >= 0.3 is 0 Å². The van der Waals surface area contributed by atoms with Crippen LogP contribution in [0, 0.1) is 0 Å². The number of aromatic nitrogens is 2. The van der Waals surface area contributed by atoms with Gasteiger partial charge in [-0.2, -0.15) is 0 Å². The number of aryl methyl sites for hydroxylation is 1. The second kappa shape index (κ2) is 5.99. The molecule has 2 fully saturated rings. The van der Waals surface area contributed by atoms with E-state index in [-0.39, 0.29) is 11.3 Å². The van der Waals surface area contributed by atoms with Crippen molar-refractivity contribution in [1.29, 1.82) is 0 Å². The molecule has 1 aromatic heterocycles. The van der Waals surface area contributed by atoms with Gasteiger partial charge in [-0.1, -0.05) is 0 Å². The number of fused-ring (bicyclic) bond motifs is 2. The Balaban J connectivity index is 1.51. The second-order valence-electron chi connectivity index (χ2n) is 7.87. The molecule has 130 valence electrons. The Hall–Kier alpha value is -1.69. The van der Waals surface area contributed by atoms with Crippen molar-refractivity contribution in [1.82, 2.24) is 20.2 Å². The Morgan fingerprint density at radius 1 is 1.42 bits per heavy atom. The fourth-order valence-electron chi connectivity index (χ4n) is 4.21.